The van der Waals surface area contributed by atoms with Crippen LogP contribution in [0.15, 0.2) is 24.4 Å². The molecule has 0 unspecified atom stereocenters. The van der Waals surface area contributed by atoms with Gasteiger partial charge in [0.25, 0.3) is 0 Å². The van der Waals surface area contributed by atoms with Gasteiger partial charge in [-0.25, -0.2) is 4.79 Å². The van der Waals surface area contributed by atoms with Crippen LogP contribution in [0.5, 0.6) is 0 Å². The Hall–Kier alpha value is -1.46. The fourth-order valence-electron chi connectivity index (χ4n) is 1.43. The summed E-state index contributed by atoms with van der Waals surface area (Å²) in [5.41, 5.74) is 6.56. The second-order valence-corrected chi connectivity index (χ2v) is 5.35. The summed E-state index contributed by atoms with van der Waals surface area (Å²) in [4.78, 5) is 12.6. The highest BCUT2D eigenvalue weighted by molar-refractivity contribution is 7.16. The maximum atomic E-state index is 11.7. The average Bonchev–Trinajstić information content (AvgIpc) is 2.81. The standard InChI is InChI=1S/C11H11ClN2O2S/c1-14-5-7(13)4-9(14)11(15)16-6-8-2-3-10(12)17-8/h2-5H,6,13H2,1H3. The molecular weight excluding hydrogens is 260 g/mol. The van der Waals surface area contributed by atoms with Crippen molar-refractivity contribution in [3.63, 3.8) is 0 Å². The first-order chi connectivity index (χ1) is 8.06. The molecule has 2 heterocycles. The SMILES string of the molecule is Cn1cc(N)cc1C(=O)OCc1ccc(Cl)s1. The molecule has 0 radical (unpaired) electrons. The van der Waals surface area contributed by atoms with E-state index in [1.807, 2.05) is 6.07 Å². The molecule has 0 saturated heterocycles. The lowest BCUT2D eigenvalue weighted by Crippen LogP contribution is -2.08. The lowest BCUT2D eigenvalue weighted by Gasteiger charge is -2.03. The van der Waals surface area contributed by atoms with Gasteiger partial charge in [-0.05, 0) is 18.2 Å². The Kier molecular flexibility index (Phi) is 3.40. The van der Waals surface area contributed by atoms with Gasteiger partial charge >= 0.3 is 5.97 Å². The fraction of sp³-hybridized carbons (Fsp3) is 0.182. The molecule has 90 valence electrons. The number of ether oxygens (including phenoxy) is 1. The fourth-order valence-corrected chi connectivity index (χ4v) is 2.43. The highest BCUT2D eigenvalue weighted by Gasteiger charge is 2.12. The van der Waals surface area contributed by atoms with Crippen LogP contribution in [-0.2, 0) is 18.4 Å². The Balaban J connectivity index is 2.00. The minimum atomic E-state index is -0.395. The number of carbonyl (C=O) groups is 1. The highest BCUT2D eigenvalue weighted by atomic mass is 35.5. The van der Waals surface area contributed by atoms with E-state index in [2.05, 4.69) is 0 Å². The molecule has 0 amide bonds. The predicted molar refractivity (Wildman–Crippen MR) is 68.3 cm³/mol. The molecule has 0 atom stereocenters. The highest BCUT2D eigenvalue weighted by Crippen LogP contribution is 2.22. The lowest BCUT2D eigenvalue weighted by atomic mass is 10.4. The van der Waals surface area contributed by atoms with Gasteiger partial charge in [0.05, 0.1) is 10.0 Å². The second kappa shape index (κ2) is 4.81. The van der Waals surface area contributed by atoms with E-state index >= 15 is 0 Å². The third kappa shape index (κ3) is 2.81. The van der Waals surface area contributed by atoms with Crippen molar-refractivity contribution in [1.29, 1.82) is 0 Å². The third-order valence-electron chi connectivity index (χ3n) is 2.21. The average molecular weight is 271 g/mol. The molecule has 0 aliphatic heterocycles. The molecule has 4 nitrogen and oxygen atoms in total. The van der Waals surface area contributed by atoms with E-state index in [0.29, 0.717) is 15.7 Å². The number of anilines is 1. The van der Waals surface area contributed by atoms with Gasteiger partial charge in [0.1, 0.15) is 12.3 Å². The quantitative estimate of drug-likeness (QED) is 0.873. The van der Waals surface area contributed by atoms with Crippen LogP contribution in [-0.4, -0.2) is 10.5 Å². The van der Waals surface area contributed by atoms with Crippen LogP contribution in [0.3, 0.4) is 0 Å². The summed E-state index contributed by atoms with van der Waals surface area (Å²) in [5, 5.41) is 0. The van der Waals surface area contributed by atoms with Gasteiger partial charge in [-0.1, -0.05) is 11.6 Å². The topological polar surface area (TPSA) is 57.2 Å². The number of aromatic nitrogens is 1. The van der Waals surface area contributed by atoms with Crippen LogP contribution < -0.4 is 5.73 Å². The Morgan fingerprint density at radius 3 is 2.88 bits per heavy atom. The summed E-state index contributed by atoms with van der Waals surface area (Å²) >= 11 is 7.17. The molecule has 2 rings (SSSR count). The first-order valence-corrected chi connectivity index (χ1v) is 6.09. The van der Waals surface area contributed by atoms with Crippen molar-refractivity contribution in [2.75, 3.05) is 5.73 Å². The van der Waals surface area contributed by atoms with Gasteiger partial charge in [-0.3, -0.25) is 0 Å². The van der Waals surface area contributed by atoms with Crippen LogP contribution in [0.4, 0.5) is 5.69 Å². The zero-order chi connectivity index (χ0) is 12.4. The molecule has 0 aliphatic rings. The van der Waals surface area contributed by atoms with E-state index in [1.165, 1.54) is 11.3 Å². The van der Waals surface area contributed by atoms with E-state index in [9.17, 15) is 4.79 Å². The van der Waals surface area contributed by atoms with E-state index in [1.54, 1.807) is 29.9 Å². The number of esters is 1. The molecule has 0 bridgehead atoms. The summed E-state index contributed by atoms with van der Waals surface area (Å²) in [6.45, 7) is 0.224. The van der Waals surface area contributed by atoms with Crippen LogP contribution in [0.1, 0.15) is 15.4 Å². The van der Waals surface area contributed by atoms with E-state index in [0.717, 1.165) is 4.88 Å². The molecular formula is C11H11ClN2O2S. The molecule has 0 aliphatic carbocycles. The van der Waals surface area contributed by atoms with Crippen LogP contribution >= 0.6 is 22.9 Å². The second-order valence-electron chi connectivity index (χ2n) is 3.55. The van der Waals surface area contributed by atoms with Crippen molar-refractivity contribution in [2.24, 2.45) is 7.05 Å². The number of nitrogens with zero attached hydrogens (tertiary/aromatic N) is 1. The van der Waals surface area contributed by atoms with Crippen molar-refractivity contribution in [1.82, 2.24) is 4.57 Å². The number of aryl methyl sites for hydroxylation is 1. The monoisotopic (exact) mass is 270 g/mol. The van der Waals surface area contributed by atoms with Crippen molar-refractivity contribution in [3.8, 4) is 0 Å². The van der Waals surface area contributed by atoms with Crippen molar-refractivity contribution in [2.45, 2.75) is 6.61 Å². The minimum absolute atomic E-state index is 0.224. The molecule has 0 spiro atoms. The number of nitrogen functional groups attached to an aromatic ring is 1. The normalized spacial score (nSPS) is 10.5. The number of hydrogen-bond acceptors (Lipinski definition) is 4. The molecule has 17 heavy (non-hydrogen) atoms. The number of halogens is 1. The van der Waals surface area contributed by atoms with Crippen LogP contribution in [0.25, 0.3) is 0 Å². The number of carbonyl (C=O) groups excluding carboxylic acids is 1. The molecule has 0 aromatic carbocycles. The predicted octanol–water partition coefficient (Wildman–Crippen LogP) is 2.68. The third-order valence-corrected chi connectivity index (χ3v) is 3.41. The van der Waals surface area contributed by atoms with Crippen molar-refractivity contribution >= 4 is 34.6 Å². The summed E-state index contributed by atoms with van der Waals surface area (Å²) in [7, 11) is 1.75. The van der Waals surface area contributed by atoms with Crippen molar-refractivity contribution in [3.05, 3.63) is 39.3 Å². The number of thiophene rings is 1. The minimum Gasteiger partial charge on any atom is -0.455 e. The maximum absolute atomic E-state index is 11.7. The zero-order valence-corrected chi connectivity index (χ0v) is 10.7. The smallest absolute Gasteiger partial charge is 0.355 e. The van der Waals surface area contributed by atoms with E-state index < -0.39 is 5.97 Å². The summed E-state index contributed by atoms with van der Waals surface area (Å²) in [6, 6.07) is 5.19. The van der Waals surface area contributed by atoms with E-state index in [-0.39, 0.29) is 6.61 Å². The molecule has 2 aromatic heterocycles. The molecule has 2 aromatic rings. The zero-order valence-electron chi connectivity index (χ0n) is 9.14. The summed E-state index contributed by atoms with van der Waals surface area (Å²) in [5.74, 6) is -0.395. The lowest BCUT2D eigenvalue weighted by molar-refractivity contribution is 0.0465. The Bertz CT molecular complexity index is 547. The first kappa shape index (κ1) is 12.0. The van der Waals surface area contributed by atoms with Gasteiger partial charge in [-0.15, -0.1) is 11.3 Å². The largest absolute Gasteiger partial charge is 0.455 e. The number of nitrogens with two attached hydrogens (primary N) is 1. The van der Waals surface area contributed by atoms with Gasteiger partial charge in [-0.2, -0.15) is 0 Å². The van der Waals surface area contributed by atoms with Gasteiger partial charge in [0.15, 0.2) is 0 Å². The Morgan fingerprint density at radius 2 is 2.35 bits per heavy atom. The van der Waals surface area contributed by atoms with E-state index in [4.69, 9.17) is 22.1 Å². The first-order valence-electron chi connectivity index (χ1n) is 4.89. The molecule has 6 heteroatoms. The Morgan fingerprint density at radius 1 is 1.59 bits per heavy atom. The van der Waals surface area contributed by atoms with Gasteiger partial charge in [0.2, 0.25) is 0 Å². The summed E-state index contributed by atoms with van der Waals surface area (Å²) in [6.07, 6.45) is 1.67. The molecule has 0 saturated carbocycles. The van der Waals surface area contributed by atoms with Gasteiger partial charge < -0.3 is 15.0 Å². The molecule has 0 fully saturated rings. The molecule has 2 N–H and O–H groups in total. The van der Waals surface area contributed by atoms with Gasteiger partial charge in [0, 0.05) is 18.1 Å². The summed E-state index contributed by atoms with van der Waals surface area (Å²) < 4.78 is 7.48. The Labute approximate surface area is 108 Å². The maximum Gasteiger partial charge on any atom is 0.355 e. The van der Waals surface area contributed by atoms with Crippen LogP contribution in [0, 0.1) is 0 Å². The van der Waals surface area contributed by atoms with Crippen LogP contribution in [0.2, 0.25) is 4.34 Å². The number of hydrogen-bond donors (Lipinski definition) is 1. The number of rotatable bonds is 3. The van der Waals surface area contributed by atoms with Crippen molar-refractivity contribution < 1.29 is 9.53 Å².